The highest BCUT2D eigenvalue weighted by Crippen LogP contribution is 2.23. The lowest BCUT2D eigenvalue weighted by Crippen LogP contribution is -2.52. The molecule has 1 fully saturated rings. The SMILES string of the molecule is Nc1cccc(NC2CCC(=O)N(OC(=O)C(F)(F)F)C2=O)c1. The molecule has 23 heavy (non-hydrogen) atoms. The molecule has 2 amide bonds. The third kappa shape index (κ3) is 3.90. The van der Waals surface area contributed by atoms with Gasteiger partial charge in [-0.25, -0.2) is 4.79 Å². The molecule has 1 aromatic carbocycles. The van der Waals surface area contributed by atoms with Crippen LogP contribution in [0.3, 0.4) is 0 Å². The largest absolute Gasteiger partial charge is 0.493 e. The molecule has 1 aliphatic rings. The monoisotopic (exact) mass is 331 g/mol. The molecule has 3 N–H and O–H groups in total. The van der Waals surface area contributed by atoms with E-state index in [4.69, 9.17) is 5.73 Å². The van der Waals surface area contributed by atoms with Crippen LogP contribution in [0.1, 0.15) is 12.8 Å². The Bertz CT molecular complexity index is 648. The predicted molar refractivity (Wildman–Crippen MR) is 71.5 cm³/mol. The summed E-state index contributed by atoms with van der Waals surface area (Å²) in [5.41, 5.74) is 6.43. The number of piperidine rings is 1. The Kier molecular flexibility index (Phi) is 4.43. The number of carbonyl (C=O) groups excluding carboxylic acids is 3. The molecular formula is C13H12F3N3O4. The summed E-state index contributed by atoms with van der Waals surface area (Å²) in [6, 6.07) is 5.30. The second-order valence-electron chi connectivity index (χ2n) is 4.76. The average Bonchev–Trinajstić information content (AvgIpc) is 2.45. The fourth-order valence-electron chi connectivity index (χ4n) is 1.95. The number of alkyl halides is 3. The molecular weight excluding hydrogens is 319 g/mol. The van der Waals surface area contributed by atoms with Gasteiger partial charge >= 0.3 is 12.1 Å². The third-order valence-electron chi connectivity index (χ3n) is 3.00. The van der Waals surface area contributed by atoms with Gasteiger partial charge in [-0.1, -0.05) is 6.07 Å². The zero-order valence-corrected chi connectivity index (χ0v) is 11.6. The first-order chi connectivity index (χ1) is 10.7. The van der Waals surface area contributed by atoms with Crippen LogP contribution >= 0.6 is 0 Å². The van der Waals surface area contributed by atoms with E-state index in [9.17, 15) is 27.6 Å². The number of nitrogens with zero attached hydrogens (tertiary/aromatic N) is 1. The Morgan fingerprint density at radius 3 is 2.65 bits per heavy atom. The van der Waals surface area contributed by atoms with Crippen molar-refractivity contribution in [3.05, 3.63) is 24.3 Å². The number of amides is 2. The molecule has 2 rings (SSSR count). The predicted octanol–water partition coefficient (Wildman–Crippen LogP) is 1.22. The number of hydrogen-bond donors (Lipinski definition) is 2. The summed E-state index contributed by atoms with van der Waals surface area (Å²) in [5.74, 6) is -4.73. The maximum absolute atomic E-state index is 12.2. The van der Waals surface area contributed by atoms with E-state index in [1.54, 1.807) is 18.2 Å². The van der Waals surface area contributed by atoms with Crippen molar-refractivity contribution < 1.29 is 32.4 Å². The normalized spacial score (nSPS) is 18.7. The van der Waals surface area contributed by atoms with Gasteiger partial charge in [0.25, 0.3) is 11.8 Å². The zero-order valence-electron chi connectivity index (χ0n) is 11.6. The number of halogens is 3. The molecule has 1 atom stereocenters. The maximum atomic E-state index is 12.2. The van der Waals surface area contributed by atoms with Gasteiger partial charge in [-0.2, -0.15) is 13.2 Å². The highest BCUT2D eigenvalue weighted by molar-refractivity contribution is 6.01. The molecule has 1 unspecified atom stereocenters. The molecule has 10 heteroatoms. The molecule has 1 heterocycles. The van der Waals surface area contributed by atoms with Crippen molar-refractivity contribution in [1.29, 1.82) is 0 Å². The number of anilines is 2. The molecule has 7 nitrogen and oxygen atoms in total. The van der Waals surface area contributed by atoms with E-state index in [-0.39, 0.29) is 17.9 Å². The molecule has 1 aromatic rings. The van der Waals surface area contributed by atoms with Gasteiger partial charge in [0.05, 0.1) is 0 Å². The van der Waals surface area contributed by atoms with Crippen LogP contribution in [-0.4, -0.2) is 35.1 Å². The molecule has 0 saturated carbocycles. The first-order valence-corrected chi connectivity index (χ1v) is 6.46. The van der Waals surface area contributed by atoms with E-state index in [1.807, 2.05) is 0 Å². The van der Waals surface area contributed by atoms with Crippen molar-refractivity contribution in [3.8, 4) is 0 Å². The third-order valence-corrected chi connectivity index (χ3v) is 3.00. The number of nitrogen functional groups attached to an aromatic ring is 1. The van der Waals surface area contributed by atoms with E-state index in [0.29, 0.717) is 11.4 Å². The molecule has 124 valence electrons. The summed E-state index contributed by atoms with van der Waals surface area (Å²) in [5, 5.41) is 2.59. The first-order valence-electron chi connectivity index (χ1n) is 6.46. The van der Waals surface area contributed by atoms with Crippen molar-refractivity contribution in [2.24, 2.45) is 0 Å². The Labute approximate surface area is 128 Å². The minimum absolute atomic E-state index is 0.0481. The van der Waals surface area contributed by atoms with Crippen molar-refractivity contribution in [3.63, 3.8) is 0 Å². The first kappa shape index (κ1) is 16.6. The number of carbonyl (C=O) groups is 3. The highest BCUT2D eigenvalue weighted by atomic mass is 19.4. The van der Waals surface area contributed by atoms with Crippen molar-refractivity contribution >= 4 is 29.2 Å². The standard InChI is InChI=1S/C13H12F3N3O4/c14-13(15,16)12(22)23-19-10(20)5-4-9(11(19)21)18-8-3-1-2-7(17)6-8/h1-3,6,9,18H,4-5,17H2. The van der Waals surface area contributed by atoms with Crippen LogP contribution in [0.15, 0.2) is 24.3 Å². The number of rotatable bonds is 3. The number of benzene rings is 1. The highest BCUT2D eigenvalue weighted by Gasteiger charge is 2.46. The van der Waals surface area contributed by atoms with Gasteiger partial charge in [0.1, 0.15) is 6.04 Å². The van der Waals surface area contributed by atoms with Gasteiger partial charge in [0, 0.05) is 17.8 Å². The zero-order chi connectivity index (χ0) is 17.2. The summed E-state index contributed by atoms with van der Waals surface area (Å²) in [6.07, 6.45) is -5.52. The second kappa shape index (κ2) is 6.15. The van der Waals surface area contributed by atoms with Crippen molar-refractivity contribution in [2.45, 2.75) is 25.1 Å². The number of hydrogen-bond acceptors (Lipinski definition) is 6. The lowest BCUT2D eigenvalue weighted by molar-refractivity contribution is -0.237. The van der Waals surface area contributed by atoms with Crippen molar-refractivity contribution in [2.75, 3.05) is 11.1 Å². The van der Waals surface area contributed by atoms with E-state index in [2.05, 4.69) is 10.2 Å². The number of imide groups is 1. The Morgan fingerprint density at radius 1 is 1.35 bits per heavy atom. The molecule has 1 aliphatic heterocycles. The molecule has 0 bridgehead atoms. The van der Waals surface area contributed by atoms with Crippen LogP contribution in [0.4, 0.5) is 24.5 Å². The van der Waals surface area contributed by atoms with Gasteiger partial charge in [-0.15, -0.1) is 5.06 Å². The fourth-order valence-corrected chi connectivity index (χ4v) is 1.95. The van der Waals surface area contributed by atoms with E-state index in [0.717, 1.165) is 0 Å². The van der Waals surface area contributed by atoms with Crippen LogP contribution in [0.5, 0.6) is 0 Å². The number of nitrogens with two attached hydrogens (primary N) is 1. The molecule has 0 aromatic heterocycles. The van der Waals surface area contributed by atoms with Gasteiger partial charge in [0.15, 0.2) is 0 Å². The molecule has 0 aliphatic carbocycles. The average molecular weight is 331 g/mol. The van der Waals surface area contributed by atoms with Crippen LogP contribution < -0.4 is 11.1 Å². The number of hydroxylamine groups is 2. The second-order valence-corrected chi connectivity index (χ2v) is 4.76. The summed E-state index contributed by atoms with van der Waals surface area (Å²) in [4.78, 5) is 38.3. The van der Waals surface area contributed by atoms with Crippen LogP contribution in [0.25, 0.3) is 0 Å². The quantitative estimate of drug-likeness (QED) is 0.638. The summed E-state index contributed by atoms with van der Waals surface area (Å²) in [6.45, 7) is 0. The molecule has 1 saturated heterocycles. The van der Waals surface area contributed by atoms with E-state index >= 15 is 0 Å². The Balaban J connectivity index is 2.11. The van der Waals surface area contributed by atoms with E-state index in [1.165, 1.54) is 6.07 Å². The Hall–Kier alpha value is -2.78. The lowest BCUT2D eigenvalue weighted by atomic mass is 10.1. The van der Waals surface area contributed by atoms with E-state index < -0.39 is 30.0 Å². The van der Waals surface area contributed by atoms with Gasteiger partial charge in [0.2, 0.25) is 0 Å². The summed E-state index contributed by atoms with van der Waals surface area (Å²) >= 11 is 0. The fraction of sp³-hybridized carbons (Fsp3) is 0.308. The smallest absolute Gasteiger partial charge is 0.399 e. The molecule has 0 radical (unpaired) electrons. The maximum Gasteiger partial charge on any atom is 0.493 e. The van der Waals surface area contributed by atoms with Crippen LogP contribution in [0.2, 0.25) is 0 Å². The molecule has 0 spiro atoms. The minimum atomic E-state index is -5.31. The topological polar surface area (TPSA) is 102 Å². The van der Waals surface area contributed by atoms with Crippen LogP contribution in [-0.2, 0) is 19.2 Å². The van der Waals surface area contributed by atoms with Gasteiger partial charge in [-0.3, -0.25) is 9.59 Å². The summed E-state index contributed by atoms with van der Waals surface area (Å²) < 4.78 is 36.6. The minimum Gasteiger partial charge on any atom is -0.399 e. The van der Waals surface area contributed by atoms with Gasteiger partial charge in [-0.05, 0) is 24.6 Å². The lowest BCUT2D eigenvalue weighted by Gasteiger charge is -2.29. The van der Waals surface area contributed by atoms with Crippen molar-refractivity contribution in [1.82, 2.24) is 5.06 Å². The van der Waals surface area contributed by atoms with Gasteiger partial charge < -0.3 is 15.9 Å². The van der Waals surface area contributed by atoms with Crippen LogP contribution in [0, 0.1) is 0 Å². The summed E-state index contributed by atoms with van der Waals surface area (Å²) in [7, 11) is 0. The Morgan fingerprint density at radius 2 is 2.04 bits per heavy atom. The number of nitrogens with one attached hydrogen (secondary N) is 1.